The summed E-state index contributed by atoms with van der Waals surface area (Å²) in [6.07, 6.45) is 1.16. The molecule has 1 aliphatic heterocycles. The van der Waals surface area contributed by atoms with Crippen molar-refractivity contribution < 1.29 is 4.42 Å². The summed E-state index contributed by atoms with van der Waals surface area (Å²) in [6.45, 7) is 4.88. The predicted octanol–water partition coefficient (Wildman–Crippen LogP) is 1.97. The van der Waals surface area contributed by atoms with Gasteiger partial charge in [0.05, 0.1) is 11.4 Å². The van der Waals surface area contributed by atoms with E-state index in [1.807, 2.05) is 17.5 Å². The van der Waals surface area contributed by atoms with Crippen LogP contribution in [0.25, 0.3) is 10.8 Å². The van der Waals surface area contributed by atoms with Crippen molar-refractivity contribution in [3.8, 4) is 10.8 Å². The predicted molar refractivity (Wildman–Crippen MR) is 74.6 cm³/mol. The summed E-state index contributed by atoms with van der Waals surface area (Å²) < 4.78 is 5.70. The second-order valence-corrected chi connectivity index (χ2v) is 6.07. The standard InChI is InChI=1S/C13H18N4OS/c1-9(14)10-4-5-17(7-10)8-12-15-16-13(18-12)11-3-2-6-19-11/h2-3,6,9-10H,4-5,7-8,14H2,1H3. The van der Waals surface area contributed by atoms with Gasteiger partial charge < -0.3 is 10.2 Å². The molecule has 1 aliphatic rings. The quantitative estimate of drug-likeness (QED) is 0.926. The number of likely N-dealkylation sites (tertiary alicyclic amines) is 1. The molecule has 2 aromatic rings. The van der Waals surface area contributed by atoms with Gasteiger partial charge in [0.25, 0.3) is 5.89 Å². The SMILES string of the molecule is CC(N)C1CCN(Cc2nnc(-c3cccs3)o2)C1. The summed E-state index contributed by atoms with van der Waals surface area (Å²) in [5.41, 5.74) is 5.94. The van der Waals surface area contributed by atoms with Crippen molar-refractivity contribution in [3.63, 3.8) is 0 Å². The van der Waals surface area contributed by atoms with Crippen LogP contribution in [0, 0.1) is 5.92 Å². The summed E-state index contributed by atoms with van der Waals surface area (Å²) in [5.74, 6) is 1.89. The Labute approximate surface area is 116 Å². The van der Waals surface area contributed by atoms with Crippen LogP contribution >= 0.6 is 11.3 Å². The molecule has 0 aliphatic carbocycles. The van der Waals surface area contributed by atoms with E-state index in [1.54, 1.807) is 11.3 Å². The Bertz CT molecular complexity index is 522. The van der Waals surface area contributed by atoms with Crippen molar-refractivity contribution in [1.82, 2.24) is 15.1 Å². The van der Waals surface area contributed by atoms with Crippen LogP contribution in [0.2, 0.25) is 0 Å². The van der Waals surface area contributed by atoms with Gasteiger partial charge in [0.1, 0.15) is 0 Å². The van der Waals surface area contributed by atoms with Crippen LogP contribution in [-0.2, 0) is 6.54 Å². The molecule has 2 aromatic heterocycles. The highest BCUT2D eigenvalue weighted by molar-refractivity contribution is 7.13. The van der Waals surface area contributed by atoms with Gasteiger partial charge in [0, 0.05) is 12.6 Å². The van der Waals surface area contributed by atoms with E-state index >= 15 is 0 Å². The van der Waals surface area contributed by atoms with Crippen LogP contribution in [0.3, 0.4) is 0 Å². The molecule has 3 heterocycles. The highest BCUT2D eigenvalue weighted by Crippen LogP contribution is 2.24. The molecular formula is C13H18N4OS. The molecule has 3 rings (SSSR count). The minimum Gasteiger partial charge on any atom is -0.419 e. The average Bonchev–Trinajstić information content (AvgIpc) is 3.09. The minimum absolute atomic E-state index is 0.259. The van der Waals surface area contributed by atoms with E-state index in [0.717, 1.165) is 30.9 Å². The molecule has 0 bridgehead atoms. The van der Waals surface area contributed by atoms with Gasteiger partial charge in [0.2, 0.25) is 5.89 Å². The minimum atomic E-state index is 0.259. The second kappa shape index (κ2) is 5.40. The summed E-state index contributed by atoms with van der Waals surface area (Å²) in [5, 5.41) is 10.2. The molecule has 5 nitrogen and oxygen atoms in total. The number of thiophene rings is 1. The van der Waals surface area contributed by atoms with Crippen molar-refractivity contribution in [2.24, 2.45) is 11.7 Å². The first kappa shape index (κ1) is 12.8. The van der Waals surface area contributed by atoms with Gasteiger partial charge in [-0.1, -0.05) is 6.07 Å². The fraction of sp³-hybridized carbons (Fsp3) is 0.538. The molecule has 0 amide bonds. The summed E-state index contributed by atoms with van der Waals surface area (Å²) in [4.78, 5) is 3.35. The van der Waals surface area contributed by atoms with E-state index in [0.29, 0.717) is 17.7 Å². The van der Waals surface area contributed by atoms with E-state index in [4.69, 9.17) is 10.2 Å². The highest BCUT2D eigenvalue weighted by atomic mass is 32.1. The Balaban J connectivity index is 1.62. The topological polar surface area (TPSA) is 68.2 Å². The molecule has 1 saturated heterocycles. The van der Waals surface area contributed by atoms with Gasteiger partial charge in [-0.15, -0.1) is 21.5 Å². The molecular weight excluding hydrogens is 260 g/mol. The summed E-state index contributed by atoms with van der Waals surface area (Å²) in [7, 11) is 0. The Morgan fingerprint density at radius 1 is 1.58 bits per heavy atom. The smallest absolute Gasteiger partial charge is 0.257 e. The Morgan fingerprint density at radius 3 is 3.16 bits per heavy atom. The molecule has 0 saturated carbocycles. The van der Waals surface area contributed by atoms with Gasteiger partial charge in [-0.05, 0) is 37.3 Å². The molecule has 6 heteroatoms. The normalized spacial score (nSPS) is 21.9. The maximum Gasteiger partial charge on any atom is 0.257 e. The van der Waals surface area contributed by atoms with Crippen molar-refractivity contribution in [1.29, 1.82) is 0 Å². The zero-order valence-electron chi connectivity index (χ0n) is 11.0. The summed E-state index contributed by atoms with van der Waals surface area (Å²) in [6, 6.07) is 4.23. The van der Waals surface area contributed by atoms with Gasteiger partial charge in [-0.2, -0.15) is 0 Å². The first-order chi connectivity index (χ1) is 9.22. The van der Waals surface area contributed by atoms with Crippen LogP contribution in [0.15, 0.2) is 21.9 Å². The maximum absolute atomic E-state index is 5.94. The van der Waals surface area contributed by atoms with E-state index in [-0.39, 0.29) is 6.04 Å². The van der Waals surface area contributed by atoms with Crippen LogP contribution in [0.5, 0.6) is 0 Å². The van der Waals surface area contributed by atoms with E-state index in [2.05, 4.69) is 22.0 Å². The lowest BCUT2D eigenvalue weighted by atomic mass is 10.0. The number of nitrogens with two attached hydrogens (primary N) is 1. The van der Waals surface area contributed by atoms with Crippen molar-refractivity contribution in [2.45, 2.75) is 25.9 Å². The second-order valence-electron chi connectivity index (χ2n) is 5.12. The third kappa shape index (κ3) is 2.86. The first-order valence-corrected chi connectivity index (χ1v) is 7.44. The van der Waals surface area contributed by atoms with Crippen LogP contribution < -0.4 is 5.73 Å². The Kier molecular flexibility index (Phi) is 3.63. The Hall–Kier alpha value is -1.24. The fourth-order valence-electron chi connectivity index (χ4n) is 2.44. The third-order valence-corrected chi connectivity index (χ3v) is 4.47. The van der Waals surface area contributed by atoms with Crippen LogP contribution in [-0.4, -0.2) is 34.2 Å². The van der Waals surface area contributed by atoms with Crippen molar-refractivity contribution >= 4 is 11.3 Å². The van der Waals surface area contributed by atoms with Gasteiger partial charge in [0.15, 0.2) is 0 Å². The van der Waals surface area contributed by atoms with Gasteiger partial charge in [-0.25, -0.2) is 0 Å². The molecule has 2 N–H and O–H groups in total. The zero-order valence-corrected chi connectivity index (χ0v) is 11.8. The highest BCUT2D eigenvalue weighted by Gasteiger charge is 2.26. The molecule has 0 aromatic carbocycles. The number of aromatic nitrogens is 2. The van der Waals surface area contributed by atoms with Crippen LogP contribution in [0.1, 0.15) is 19.2 Å². The lowest BCUT2D eigenvalue weighted by Gasteiger charge is -2.15. The average molecular weight is 278 g/mol. The molecule has 0 radical (unpaired) electrons. The van der Waals surface area contributed by atoms with E-state index < -0.39 is 0 Å². The zero-order chi connectivity index (χ0) is 13.2. The number of nitrogens with zero attached hydrogens (tertiary/aromatic N) is 3. The van der Waals surface area contributed by atoms with Crippen molar-refractivity contribution in [3.05, 3.63) is 23.4 Å². The molecule has 102 valence electrons. The third-order valence-electron chi connectivity index (χ3n) is 3.61. The van der Waals surface area contributed by atoms with E-state index in [9.17, 15) is 0 Å². The summed E-state index contributed by atoms with van der Waals surface area (Å²) >= 11 is 1.61. The van der Waals surface area contributed by atoms with Crippen molar-refractivity contribution in [2.75, 3.05) is 13.1 Å². The van der Waals surface area contributed by atoms with Gasteiger partial charge >= 0.3 is 0 Å². The van der Waals surface area contributed by atoms with E-state index in [1.165, 1.54) is 0 Å². The fourth-order valence-corrected chi connectivity index (χ4v) is 3.09. The molecule has 19 heavy (non-hydrogen) atoms. The molecule has 2 atom stereocenters. The number of hydrogen-bond donors (Lipinski definition) is 1. The molecule has 2 unspecified atom stereocenters. The number of rotatable bonds is 4. The largest absolute Gasteiger partial charge is 0.419 e. The maximum atomic E-state index is 5.94. The van der Waals surface area contributed by atoms with Gasteiger partial charge in [-0.3, -0.25) is 4.90 Å². The lowest BCUT2D eigenvalue weighted by Crippen LogP contribution is -2.29. The lowest BCUT2D eigenvalue weighted by molar-refractivity contribution is 0.276. The monoisotopic (exact) mass is 278 g/mol. The number of hydrogen-bond acceptors (Lipinski definition) is 6. The first-order valence-electron chi connectivity index (χ1n) is 6.56. The molecule has 1 fully saturated rings. The Morgan fingerprint density at radius 2 is 2.47 bits per heavy atom. The van der Waals surface area contributed by atoms with Crippen LogP contribution in [0.4, 0.5) is 0 Å². The molecule has 0 spiro atoms.